The average Bonchev–Trinajstić information content (AvgIpc) is 2.73. The predicted molar refractivity (Wildman–Crippen MR) is 57.4 cm³/mol. The van der Waals surface area contributed by atoms with Crippen molar-refractivity contribution < 1.29 is 9.13 Å². The lowest BCUT2D eigenvalue weighted by atomic mass is 10.2. The fraction of sp³-hybridized carbons (Fsp3) is 0.300. The lowest BCUT2D eigenvalue weighted by Crippen LogP contribution is -2.02. The molecule has 0 aliphatic heterocycles. The van der Waals surface area contributed by atoms with E-state index in [1.807, 2.05) is 0 Å². The molecule has 1 aromatic heterocycles. The Kier molecular flexibility index (Phi) is 3.29. The number of rotatable bonds is 4. The SMILES string of the molecule is Cn1nnc(COc2ccc(CN)c(F)c2)n1. The Balaban J connectivity index is 2.02. The summed E-state index contributed by atoms with van der Waals surface area (Å²) in [5.74, 6) is 0.472. The van der Waals surface area contributed by atoms with Gasteiger partial charge < -0.3 is 10.5 Å². The normalized spacial score (nSPS) is 10.5. The number of benzene rings is 1. The molecule has 0 bridgehead atoms. The predicted octanol–water partition coefficient (Wildman–Crippen LogP) is 0.387. The Morgan fingerprint density at radius 3 is 2.88 bits per heavy atom. The Morgan fingerprint density at radius 1 is 1.47 bits per heavy atom. The van der Waals surface area contributed by atoms with Gasteiger partial charge in [-0.1, -0.05) is 6.07 Å². The Morgan fingerprint density at radius 2 is 2.29 bits per heavy atom. The summed E-state index contributed by atoms with van der Waals surface area (Å²) >= 11 is 0. The van der Waals surface area contributed by atoms with Gasteiger partial charge in [0.25, 0.3) is 0 Å². The van der Waals surface area contributed by atoms with Crippen LogP contribution in [0.2, 0.25) is 0 Å². The molecular weight excluding hydrogens is 225 g/mol. The molecule has 90 valence electrons. The zero-order valence-electron chi connectivity index (χ0n) is 9.30. The van der Waals surface area contributed by atoms with Crippen LogP contribution in [0.4, 0.5) is 4.39 Å². The Labute approximate surface area is 97.2 Å². The third-order valence-electron chi connectivity index (χ3n) is 2.16. The summed E-state index contributed by atoms with van der Waals surface area (Å²) < 4.78 is 18.7. The van der Waals surface area contributed by atoms with E-state index in [-0.39, 0.29) is 19.0 Å². The molecule has 2 rings (SSSR count). The quantitative estimate of drug-likeness (QED) is 0.832. The maximum Gasteiger partial charge on any atom is 0.212 e. The van der Waals surface area contributed by atoms with Gasteiger partial charge in [-0.3, -0.25) is 0 Å². The van der Waals surface area contributed by atoms with E-state index in [1.54, 1.807) is 19.2 Å². The molecule has 0 saturated heterocycles. The fourth-order valence-electron chi connectivity index (χ4n) is 1.31. The van der Waals surface area contributed by atoms with E-state index in [0.29, 0.717) is 17.1 Å². The number of hydrogen-bond donors (Lipinski definition) is 1. The van der Waals surface area contributed by atoms with Gasteiger partial charge in [0.2, 0.25) is 5.82 Å². The summed E-state index contributed by atoms with van der Waals surface area (Å²) in [6, 6.07) is 4.54. The van der Waals surface area contributed by atoms with E-state index >= 15 is 0 Å². The van der Waals surface area contributed by atoms with Crippen LogP contribution in [0.5, 0.6) is 5.75 Å². The van der Waals surface area contributed by atoms with Crippen molar-refractivity contribution in [2.75, 3.05) is 0 Å². The Bertz CT molecular complexity index is 513. The van der Waals surface area contributed by atoms with Gasteiger partial charge in [-0.05, 0) is 11.3 Å². The fourth-order valence-corrected chi connectivity index (χ4v) is 1.31. The molecule has 0 saturated carbocycles. The second-order valence-electron chi connectivity index (χ2n) is 3.44. The van der Waals surface area contributed by atoms with Crippen LogP contribution in [0.15, 0.2) is 18.2 Å². The van der Waals surface area contributed by atoms with Crippen molar-refractivity contribution in [2.45, 2.75) is 13.2 Å². The minimum atomic E-state index is -0.378. The highest BCUT2D eigenvalue weighted by atomic mass is 19.1. The minimum Gasteiger partial charge on any atom is -0.485 e. The van der Waals surface area contributed by atoms with Gasteiger partial charge in [-0.2, -0.15) is 4.80 Å². The lowest BCUT2D eigenvalue weighted by molar-refractivity contribution is 0.293. The van der Waals surface area contributed by atoms with Crippen LogP contribution in [0.3, 0.4) is 0 Å². The topological polar surface area (TPSA) is 78.8 Å². The smallest absolute Gasteiger partial charge is 0.212 e. The first-order valence-electron chi connectivity index (χ1n) is 5.03. The summed E-state index contributed by atoms with van der Waals surface area (Å²) in [5, 5.41) is 11.3. The third kappa shape index (κ3) is 2.76. The molecule has 0 unspecified atom stereocenters. The van der Waals surface area contributed by atoms with Gasteiger partial charge in [-0.25, -0.2) is 4.39 Å². The monoisotopic (exact) mass is 237 g/mol. The number of halogens is 1. The zero-order valence-corrected chi connectivity index (χ0v) is 9.30. The molecule has 0 radical (unpaired) electrons. The maximum atomic E-state index is 13.4. The first kappa shape index (κ1) is 11.5. The first-order valence-corrected chi connectivity index (χ1v) is 5.03. The van der Waals surface area contributed by atoms with E-state index in [9.17, 15) is 4.39 Å². The van der Waals surface area contributed by atoms with Gasteiger partial charge in [0.15, 0.2) is 6.61 Å². The largest absolute Gasteiger partial charge is 0.485 e. The van der Waals surface area contributed by atoms with Crippen molar-refractivity contribution in [2.24, 2.45) is 12.8 Å². The van der Waals surface area contributed by atoms with Crippen LogP contribution in [-0.2, 0) is 20.2 Å². The average molecular weight is 237 g/mol. The molecule has 0 aliphatic rings. The third-order valence-corrected chi connectivity index (χ3v) is 2.16. The second kappa shape index (κ2) is 4.88. The van der Waals surface area contributed by atoms with Gasteiger partial charge in [0, 0.05) is 18.2 Å². The zero-order chi connectivity index (χ0) is 12.3. The minimum absolute atomic E-state index is 0.148. The van der Waals surface area contributed by atoms with Crippen molar-refractivity contribution in [3.63, 3.8) is 0 Å². The van der Waals surface area contributed by atoms with Crippen LogP contribution in [0.25, 0.3) is 0 Å². The molecule has 2 aromatic rings. The number of nitrogens with two attached hydrogens (primary N) is 1. The molecule has 17 heavy (non-hydrogen) atoms. The van der Waals surface area contributed by atoms with E-state index in [4.69, 9.17) is 10.5 Å². The van der Waals surface area contributed by atoms with Crippen LogP contribution < -0.4 is 10.5 Å². The van der Waals surface area contributed by atoms with Crippen LogP contribution in [0.1, 0.15) is 11.4 Å². The van der Waals surface area contributed by atoms with Crippen LogP contribution in [0, 0.1) is 5.82 Å². The number of hydrogen-bond acceptors (Lipinski definition) is 5. The van der Waals surface area contributed by atoms with Gasteiger partial charge in [0.1, 0.15) is 11.6 Å². The van der Waals surface area contributed by atoms with E-state index in [0.717, 1.165) is 0 Å². The van der Waals surface area contributed by atoms with Crippen molar-refractivity contribution in [3.8, 4) is 5.75 Å². The van der Waals surface area contributed by atoms with Crippen molar-refractivity contribution in [3.05, 3.63) is 35.4 Å². The highest BCUT2D eigenvalue weighted by molar-refractivity contribution is 5.28. The van der Waals surface area contributed by atoms with Crippen LogP contribution in [-0.4, -0.2) is 20.2 Å². The maximum absolute atomic E-state index is 13.4. The van der Waals surface area contributed by atoms with Gasteiger partial charge >= 0.3 is 0 Å². The number of ether oxygens (including phenoxy) is 1. The van der Waals surface area contributed by atoms with E-state index in [2.05, 4.69) is 15.4 Å². The molecule has 1 heterocycles. The molecule has 2 N–H and O–H groups in total. The highest BCUT2D eigenvalue weighted by Gasteiger charge is 2.05. The van der Waals surface area contributed by atoms with E-state index < -0.39 is 0 Å². The number of nitrogens with zero attached hydrogens (tertiary/aromatic N) is 4. The van der Waals surface area contributed by atoms with Gasteiger partial charge in [-0.15, -0.1) is 10.2 Å². The van der Waals surface area contributed by atoms with Crippen molar-refractivity contribution in [1.29, 1.82) is 0 Å². The summed E-state index contributed by atoms with van der Waals surface area (Å²) in [6.45, 7) is 0.313. The van der Waals surface area contributed by atoms with Gasteiger partial charge in [0.05, 0.1) is 7.05 Å². The molecule has 7 heteroatoms. The molecule has 1 aromatic carbocycles. The van der Waals surface area contributed by atoms with E-state index in [1.165, 1.54) is 10.9 Å². The molecule has 0 atom stereocenters. The standard InChI is InChI=1S/C10H12FN5O/c1-16-14-10(13-15-16)6-17-8-3-2-7(5-12)9(11)4-8/h2-4H,5-6,12H2,1H3. The summed E-state index contributed by atoms with van der Waals surface area (Å²) in [6.07, 6.45) is 0. The first-order chi connectivity index (χ1) is 8.19. The number of tetrazole rings is 1. The summed E-state index contributed by atoms with van der Waals surface area (Å²) in [5.41, 5.74) is 5.81. The number of aryl methyl sites for hydroxylation is 1. The molecular formula is C10H12FN5O. The van der Waals surface area contributed by atoms with Crippen molar-refractivity contribution >= 4 is 0 Å². The molecule has 6 nitrogen and oxygen atoms in total. The molecule has 0 fully saturated rings. The lowest BCUT2D eigenvalue weighted by Gasteiger charge is -2.05. The Hall–Kier alpha value is -2.02. The molecule has 0 aliphatic carbocycles. The highest BCUT2D eigenvalue weighted by Crippen LogP contribution is 2.16. The van der Waals surface area contributed by atoms with Crippen LogP contribution >= 0.6 is 0 Å². The summed E-state index contributed by atoms with van der Waals surface area (Å²) in [7, 11) is 1.66. The second-order valence-corrected chi connectivity index (χ2v) is 3.44. The molecule has 0 amide bonds. The number of aromatic nitrogens is 4. The summed E-state index contributed by atoms with van der Waals surface area (Å²) in [4.78, 5) is 1.33. The van der Waals surface area contributed by atoms with Crippen molar-refractivity contribution in [1.82, 2.24) is 20.2 Å². The molecule has 0 spiro atoms.